The lowest BCUT2D eigenvalue weighted by Crippen LogP contribution is -2.19. The third-order valence-corrected chi connectivity index (χ3v) is 4.38. The Kier molecular flexibility index (Phi) is 2.30. The van der Waals surface area contributed by atoms with Crippen LogP contribution in [0.2, 0.25) is 0 Å². The Morgan fingerprint density at radius 1 is 1.06 bits per heavy atom. The molecule has 16 heavy (non-hydrogen) atoms. The normalized spacial score (nSPS) is 17.6. The predicted molar refractivity (Wildman–Crippen MR) is 71.6 cm³/mol. The van der Waals surface area contributed by atoms with Crippen molar-refractivity contribution in [2.24, 2.45) is 5.73 Å². The van der Waals surface area contributed by atoms with Crippen LogP contribution in [-0.2, 0) is 5.41 Å². The quantitative estimate of drug-likeness (QED) is 0.891. The van der Waals surface area contributed by atoms with Gasteiger partial charge >= 0.3 is 0 Å². The lowest BCUT2D eigenvalue weighted by molar-refractivity contribution is 0.711. The molecule has 0 aromatic heterocycles. The summed E-state index contributed by atoms with van der Waals surface area (Å²) < 4.78 is 1.17. The second kappa shape index (κ2) is 3.57. The fraction of sp³-hybridized carbons (Fsp3) is 0.286. The second-order valence-electron chi connectivity index (χ2n) is 4.62. The van der Waals surface area contributed by atoms with Crippen LogP contribution in [0.25, 0.3) is 10.8 Å². The molecule has 2 heteroatoms. The molecular formula is C14H14BrN. The molecule has 0 amide bonds. The zero-order valence-electron chi connectivity index (χ0n) is 9.04. The summed E-state index contributed by atoms with van der Waals surface area (Å²) in [5.74, 6) is 0. The van der Waals surface area contributed by atoms with Gasteiger partial charge in [0, 0.05) is 16.4 Å². The number of halogens is 1. The van der Waals surface area contributed by atoms with Gasteiger partial charge in [-0.1, -0.05) is 46.3 Å². The number of rotatable bonds is 2. The van der Waals surface area contributed by atoms with Gasteiger partial charge in [0.1, 0.15) is 0 Å². The minimum Gasteiger partial charge on any atom is -0.330 e. The van der Waals surface area contributed by atoms with E-state index in [0.29, 0.717) is 0 Å². The van der Waals surface area contributed by atoms with E-state index in [1.807, 2.05) is 0 Å². The molecule has 3 rings (SSSR count). The molecule has 0 aliphatic heterocycles. The van der Waals surface area contributed by atoms with E-state index in [9.17, 15) is 0 Å². The van der Waals surface area contributed by atoms with Gasteiger partial charge in [-0.2, -0.15) is 0 Å². The van der Waals surface area contributed by atoms with E-state index in [2.05, 4.69) is 52.3 Å². The number of hydrogen-bond acceptors (Lipinski definition) is 1. The Labute approximate surface area is 104 Å². The van der Waals surface area contributed by atoms with Crippen molar-refractivity contribution in [2.75, 3.05) is 6.54 Å². The van der Waals surface area contributed by atoms with Gasteiger partial charge in [-0.05, 0) is 35.2 Å². The van der Waals surface area contributed by atoms with Gasteiger partial charge in [0.2, 0.25) is 0 Å². The number of benzene rings is 2. The Hall–Kier alpha value is -0.860. The zero-order chi connectivity index (χ0) is 11.2. The number of hydrogen-bond donors (Lipinski definition) is 1. The van der Waals surface area contributed by atoms with Gasteiger partial charge in [0.25, 0.3) is 0 Å². The summed E-state index contributed by atoms with van der Waals surface area (Å²) in [6.07, 6.45) is 2.46. The van der Waals surface area contributed by atoms with Gasteiger partial charge in [0.15, 0.2) is 0 Å². The molecule has 0 radical (unpaired) electrons. The molecule has 1 aliphatic rings. The lowest BCUT2D eigenvalue weighted by atomic mass is 9.91. The first-order valence-corrected chi connectivity index (χ1v) is 6.44. The molecule has 1 fully saturated rings. The van der Waals surface area contributed by atoms with Crippen LogP contribution < -0.4 is 5.73 Å². The number of fused-ring (bicyclic) bond motifs is 1. The first kappa shape index (κ1) is 10.3. The Morgan fingerprint density at radius 2 is 1.75 bits per heavy atom. The molecule has 0 atom stereocenters. The fourth-order valence-electron chi connectivity index (χ4n) is 2.47. The highest BCUT2D eigenvalue weighted by atomic mass is 79.9. The minimum atomic E-state index is 0.264. The molecule has 0 saturated heterocycles. The first-order valence-electron chi connectivity index (χ1n) is 5.65. The van der Waals surface area contributed by atoms with Gasteiger partial charge in [-0.25, -0.2) is 0 Å². The highest BCUT2D eigenvalue weighted by Gasteiger charge is 2.43. The van der Waals surface area contributed by atoms with Crippen molar-refractivity contribution in [2.45, 2.75) is 18.3 Å². The standard InChI is InChI=1S/C14H14BrN/c15-13-6-2-3-10-11(13)4-1-5-12(10)14(9-16)7-8-14/h1-6H,7-9,16H2. The Bertz CT molecular complexity index is 543. The van der Waals surface area contributed by atoms with Crippen LogP contribution in [0, 0.1) is 0 Å². The van der Waals surface area contributed by atoms with Gasteiger partial charge in [0.05, 0.1) is 0 Å². The Morgan fingerprint density at radius 3 is 2.44 bits per heavy atom. The van der Waals surface area contributed by atoms with Crippen LogP contribution in [0.3, 0.4) is 0 Å². The molecule has 0 heterocycles. The lowest BCUT2D eigenvalue weighted by Gasteiger charge is -2.16. The van der Waals surface area contributed by atoms with Crippen molar-refractivity contribution < 1.29 is 0 Å². The molecule has 0 unspecified atom stereocenters. The van der Waals surface area contributed by atoms with Crippen molar-refractivity contribution in [1.29, 1.82) is 0 Å². The van der Waals surface area contributed by atoms with Crippen LogP contribution in [-0.4, -0.2) is 6.54 Å². The van der Waals surface area contributed by atoms with E-state index < -0.39 is 0 Å². The van der Waals surface area contributed by atoms with E-state index >= 15 is 0 Å². The maximum absolute atomic E-state index is 5.92. The third-order valence-electron chi connectivity index (χ3n) is 3.68. The van der Waals surface area contributed by atoms with E-state index in [-0.39, 0.29) is 5.41 Å². The molecule has 82 valence electrons. The van der Waals surface area contributed by atoms with Crippen molar-refractivity contribution in [1.82, 2.24) is 0 Å². The van der Waals surface area contributed by atoms with Crippen LogP contribution in [0.15, 0.2) is 40.9 Å². The van der Waals surface area contributed by atoms with E-state index in [1.165, 1.54) is 33.7 Å². The zero-order valence-corrected chi connectivity index (χ0v) is 10.6. The van der Waals surface area contributed by atoms with Crippen LogP contribution in [0.4, 0.5) is 0 Å². The molecule has 2 aromatic carbocycles. The highest BCUT2D eigenvalue weighted by Crippen LogP contribution is 2.49. The van der Waals surface area contributed by atoms with Crippen LogP contribution >= 0.6 is 15.9 Å². The third kappa shape index (κ3) is 1.40. The average molecular weight is 276 g/mol. The molecule has 1 aliphatic carbocycles. The molecule has 1 nitrogen and oxygen atoms in total. The predicted octanol–water partition coefficient (Wildman–Crippen LogP) is 3.59. The number of nitrogens with two attached hydrogens (primary N) is 1. The summed E-state index contributed by atoms with van der Waals surface area (Å²) in [6.45, 7) is 0.763. The van der Waals surface area contributed by atoms with Crippen molar-refractivity contribution >= 4 is 26.7 Å². The summed E-state index contributed by atoms with van der Waals surface area (Å²) in [7, 11) is 0. The van der Waals surface area contributed by atoms with E-state index in [1.54, 1.807) is 0 Å². The van der Waals surface area contributed by atoms with Crippen molar-refractivity contribution in [3.05, 3.63) is 46.4 Å². The average Bonchev–Trinajstić information content (AvgIpc) is 3.10. The highest BCUT2D eigenvalue weighted by molar-refractivity contribution is 9.10. The van der Waals surface area contributed by atoms with Crippen LogP contribution in [0.1, 0.15) is 18.4 Å². The fourth-order valence-corrected chi connectivity index (χ4v) is 2.97. The largest absolute Gasteiger partial charge is 0.330 e. The topological polar surface area (TPSA) is 26.0 Å². The first-order chi connectivity index (χ1) is 7.77. The minimum absolute atomic E-state index is 0.264. The summed E-state index contributed by atoms with van der Waals surface area (Å²) in [5.41, 5.74) is 7.61. The maximum atomic E-state index is 5.92. The maximum Gasteiger partial charge on any atom is 0.0253 e. The van der Waals surface area contributed by atoms with Crippen molar-refractivity contribution in [3.8, 4) is 0 Å². The summed E-state index contributed by atoms with van der Waals surface area (Å²) in [6, 6.07) is 12.9. The summed E-state index contributed by atoms with van der Waals surface area (Å²) in [5, 5.41) is 2.64. The van der Waals surface area contributed by atoms with E-state index in [4.69, 9.17) is 5.73 Å². The van der Waals surface area contributed by atoms with Gasteiger partial charge in [-0.3, -0.25) is 0 Å². The molecular weight excluding hydrogens is 262 g/mol. The van der Waals surface area contributed by atoms with Gasteiger partial charge < -0.3 is 5.73 Å². The molecule has 1 saturated carbocycles. The molecule has 2 N–H and O–H groups in total. The molecule has 2 aromatic rings. The van der Waals surface area contributed by atoms with E-state index in [0.717, 1.165) is 6.54 Å². The molecule has 0 spiro atoms. The van der Waals surface area contributed by atoms with Gasteiger partial charge in [-0.15, -0.1) is 0 Å². The van der Waals surface area contributed by atoms with Crippen molar-refractivity contribution in [3.63, 3.8) is 0 Å². The summed E-state index contributed by atoms with van der Waals surface area (Å²) >= 11 is 3.61. The smallest absolute Gasteiger partial charge is 0.0253 e. The Balaban J connectivity index is 2.30. The molecule has 0 bridgehead atoms. The second-order valence-corrected chi connectivity index (χ2v) is 5.48. The summed E-state index contributed by atoms with van der Waals surface area (Å²) in [4.78, 5) is 0. The van der Waals surface area contributed by atoms with Crippen LogP contribution in [0.5, 0.6) is 0 Å². The SMILES string of the molecule is NCC1(c2cccc3c(Br)cccc23)CC1. The monoisotopic (exact) mass is 275 g/mol.